The van der Waals surface area contributed by atoms with Gasteiger partial charge in [-0.25, -0.2) is 0 Å². The molecule has 1 aliphatic carbocycles. The van der Waals surface area contributed by atoms with Crippen LogP contribution in [0.1, 0.15) is 56.1 Å². The second kappa shape index (κ2) is 5.64. The monoisotopic (exact) mass is 258 g/mol. The molecule has 0 amide bonds. The van der Waals surface area contributed by atoms with Crippen molar-refractivity contribution in [3.63, 3.8) is 0 Å². The fraction of sp³-hybridized carbons (Fsp3) is 0.647. The van der Waals surface area contributed by atoms with E-state index in [0.717, 1.165) is 12.5 Å². The van der Waals surface area contributed by atoms with Gasteiger partial charge >= 0.3 is 0 Å². The Kier molecular flexibility index (Phi) is 3.90. The first kappa shape index (κ1) is 13.1. The number of piperidine rings is 1. The highest BCUT2D eigenvalue weighted by Crippen LogP contribution is 2.42. The van der Waals surface area contributed by atoms with Crippen LogP contribution < -0.4 is 5.73 Å². The van der Waals surface area contributed by atoms with Crippen LogP contribution in [0, 0.1) is 0 Å². The molecule has 2 heteroatoms. The lowest BCUT2D eigenvalue weighted by Crippen LogP contribution is -2.48. The molecular weight excluding hydrogens is 232 g/mol. The van der Waals surface area contributed by atoms with E-state index in [1.165, 1.54) is 44.2 Å². The van der Waals surface area contributed by atoms with Crippen LogP contribution in [0.25, 0.3) is 0 Å². The summed E-state index contributed by atoms with van der Waals surface area (Å²) >= 11 is 0. The summed E-state index contributed by atoms with van der Waals surface area (Å²) in [6.45, 7) is 4.47. The first-order valence-corrected chi connectivity index (χ1v) is 7.83. The van der Waals surface area contributed by atoms with E-state index in [-0.39, 0.29) is 6.04 Å². The molecule has 2 unspecified atom stereocenters. The fourth-order valence-electron chi connectivity index (χ4n) is 3.50. The Morgan fingerprint density at radius 3 is 2.74 bits per heavy atom. The summed E-state index contributed by atoms with van der Waals surface area (Å²) in [4.78, 5) is 2.62. The van der Waals surface area contributed by atoms with Crippen LogP contribution in [-0.2, 0) is 6.54 Å². The van der Waals surface area contributed by atoms with Gasteiger partial charge in [0, 0.05) is 18.6 Å². The molecule has 1 aliphatic heterocycles. The highest BCUT2D eigenvalue weighted by Gasteiger charge is 2.29. The molecule has 2 atom stereocenters. The molecule has 1 heterocycles. The molecule has 1 aromatic carbocycles. The summed E-state index contributed by atoms with van der Waals surface area (Å²) in [6, 6.07) is 9.88. The van der Waals surface area contributed by atoms with Crippen LogP contribution in [0.4, 0.5) is 0 Å². The Labute approximate surface area is 117 Å². The average Bonchev–Trinajstić information content (AvgIpc) is 3.24. The molecule has 0 aromatic heterocycles. The first-order valence-electron chi connectivity index (χ1n) is 7.83. The zero-order chi connectivity index (χ0) is 13.2. The number of benzene rings is 1. The van der Waals surface area contributed by atoms with Gasteiger partial charge in [0.25, 0.3) is 0 Å². The maximum Gasteiger partial charge on any atom is 0.0248 e. The molecule has 1 saturated carbocycles. The molecule has 1 saturated heterocycles. The Balaban J connectivity index is 1.76. The topological polar surface area (TPSA) is 29.3 Å². The fourth-order valence-corrected chi connectivity index (χ4v) is 3.50. The lowest BCUT2D eigenvalue weighted by Gasteiger charge is -2.38. The third kappa shape index (κ3) is 3.01. The van der Waals surface area contributed by atoms with Crippen LogP contribution in [-0.4, -0.2) is 23.5 Å². The lowest BCUT2D eigenvalue weighted by molar-refractivity contribution is 0.122. The lowest BCUT2D eigenvalue weighted by atomic mass is 9.95. The standard InChI is InChI=1S/C17H26N2/c1-13(18)17-8-4-5-11-19(17)12-15-6-2-3-7-16(15)14-9-10-14/h2-3,6-7,13-14,17H,4-5,8-12,18H2,1H3. The van der Waals surface area contributed by atoms with Crippen molar-refractivity contribution in [1.82, 2.24) is 4.90 Å². The maximum absolute atomic E-state index is 6.18. The minimum atomic E-state index is 0.286. The predicted molar refractivity (Wildman–Crippen MR) is 80.1 cm³/mol. The molecule has 2 fully saturated rings. The number of nitrogens with two attached hydrogens (primary N) is 1. The second-order valence-corrected chi connectivity index (χ2v) is 6.37. The van der Waals surface area contributed by atoms with Gasteiger partial charge in [-0.2, -0.15) is 0 Å². The summed E-state index contributed by atoms with van der Waals surface area (Å²) in [7, 11) is 0. The summed E-state index contributed by atoms with van der Waals surface area (Å²) in [5.74, 6) is 0.842. The number of hydrogen-bond acceptors (Lipinski definition) is 2. The van der Waals surface area contributed by atoms with Crippen molar-refractivity contribution >= 4 is 0 Å². The van der Waals surface area contributed by atoms with Crippen LogP contribution >= 0.6 is 0 Å². The third-order valence-electron chi connectivity index (χ3n) is 4.72. The van der Waals surface area contributed by atoms with E-state index in [9.17, 15) is 0 Å². The number of rotatable bonds is 4. The highest BCUT2D eigenvalue weighted by atomic mass is 15.2. The largest absolute Gasteiger partial charge is 0.327 e. The van der Waals surface area contributed by atoms with E-state index in [1.807, 2.05) is 0 Å². The van der Waals surface area contributed by atoms with Gasteiger partial charge in [-0.05, 0) is 56.2 Å². The third-order valence-corrected chi connectivity index (χ3v) is 4.72. The van der Waals surface area contributed by atoms with Crippen molar-refractivity contribution < 1.29 is 0 Å². The second-order valence-electron chi connectivity index (χ2n) is 6.37. The van der Waals surface area contributed by atoms with Crippen LogP contribution in [0.5, 0.6) is 0 Å². The Morgan fingerprint density at radius 2 is 2.00 bits per heavy atom. The summed E-state index contributed by atoms with van der Waals surface area (Å²) in [5, 5.41) is 0. The van der Waals surface area contributed by atoms with Crippen molar-refractivity contribution in [2.75, 3.05) is 6.54 Å². The van der Waals surface area contributed by atoms with Gasteiger partial charge in [0.2, 0.25) is 0 Å². The van der Waals surface area contributed by atoms with Crippen LogP contribution in [0.15, 0.2) is 24.3 Å². The quantitative estimate of drug-likeness (QED) is 0.898. The molecule has 1 aromatic rings. The van der Waals surface area contributed by atoms with E-state index in [2.05, 4.69) is 36.1 Å². The summed E-state index contributed by atoms with van der Waals surface area (Å²) < 4.78 is 0. The van der Waals surface area contributed by atoms with Crippen molar-refractivity contribution in [2.24, 2.45) is 5.73 Å². The zero-order valence-electron chi connectivity index (χ0n) is 12.0. The molecule has 2 aliphatic rings. The van der Waals surface area contributed by atoms with Crippen molar-refractivity contribution in [3.8, 4) is 0 Å². The number of likely N-dealkylation sites (tertiary alicyclic amines) is 1. The Morgan fingerprint density at radius 1 is 1.21 bits per heavy atom. The first-order chi connectivity index (χ1) is 9.25. The van der Waals surface area contributed by atoms with E-state index in [0.29, 0.717) is 6.04 Å². The minimum absolute atomic E-state index is 0.286. The number of nitrogens with zero attached hydrogens (tertiary/aromatic N) is 1. The molecular formula is C17H26N2. The molecule has 3 rings (SSSR count). The van der Waals surface area contributed by atoms with Gasteiger partial charge in [0.05, 0.1) is 0 Å². The SMILES string of the molecule is CC(N)C1CCCCN1Cc1ccccc1C1CC1. The van der Waals surface area contributed by atoms with Gasteiger partial charge in [-0.3, -0.25) is 4.90 Å². The minimum Gasteiger partial charge on any atom is -0.327 e. The molecule has 2 nitrogen and oxygen atoms in total. The summed E-state index contributed by atoms with van der Waals surface area (Å²) in [5.41, 5.74) is 9.31. The normalized spacial score (nSPS) is 26.3. The molecule has 2 N–H and O–H groups in total. The van der Waals surface area contributed by atoms with E-state index < -0.39 is 0 Å². The zero-order valence-corrected chi connectivity index (χ0v) is 12.0. The van der Waals surface area contributed by atoms with Gasteiger partial charge < -0.3 is 5.73 Å². The predicted octanol–water partition coefficient (Wildman–Crippen LogP) is 3.27. The van der Waals surface area contributed by atoms with Crippen molar-refractivity contribution in [3.05, 3.63) is 35.4 Å². The maximum atomic E-state index is 6.18. The molecule has 0 bridgehead atoms. The average molecular weight is 258 g/mol. The molecule has 19 heavy (non-hydrogen) atoms. The van der Waals surface area contributed by atoms with Crippen molar-refractivity contribution in [2.45, 2.75) is 63.6 Å². The Bertz CT molecular complexity index is 423. The van der Waals surface area contributed by atoms with E-state index in [4.69, 9.17) is 5.73 Å². The smallest absolute Gasteiger partial charge is 0.0248 e. The van der Waals surface area contributed by atoms with Crippen molar-refractivity contribution in [1.29, 1.82) is 0 Å². The van der Waals surface area contributed by atoms with Gasteiger partial charge in [0.15, 0.2) is 0 Å². The Hall–Kier alpha value is -0.860. The van der Waals surface area contributed by atoms with Crippen LogP contribution in [0.3, 0.4) is 0 Å². The van der Waals surface area contributed by atoms with E-state index >= 15 is 0 Å². The summed E-state index contributed by atoms with van der Waals surface area (Å²) in [6.07, 6.45) is 6.70. The van der Waals surface area contributed by atoms with Gasteiger partial charge in [-0.1, -0.05) is 30.7 Å². The van der Waals surface area contributed by atoms with Gasteiger partial charge in [-0.15, -0.1) is 0 Å². The van der Waals surface area contributed by atoms with Gasteiger partial charge in [0.1, 0.15) is 0 Å². The molecule has 0 radical (unpaired) electrons. The molecule has 0 spiro atoms. The highest BCUT2D eigenvalue weighted by molar-refractivity contribution is 5.33. The number of hydrogen-bond donors (Lipinski definition) is 1. The van der Waals surface area contributed by atoms with Crippen LogP contribution in [0.2, 0.25) is 0 Å². The molecule has 104 valence electrons. The van der Waals surface area contributed by atoms with E-state index in [1.54, 1.807) is 5.56 Å².